The number of fused-ring (bicyclic) bond motifs is 1. The number of nitrogens with zero attached hydrogens (tertiary/aromatic N) is 5. The lowest BCUT2D eigenvalue weighted by Crippen LogP contribution is -2.42. The molecule has 2 aliphatic heterocycles. The highest BCUT2D eigenvalue weighted by Crippen LogP contribution is 2.29. The highest BCUT2D eigenvalue weighted by atomic mass is 16.2. The van der Waals surface area contributed by atoms with E-state index in [2.05, 4.69) is 14.8 Å². The molecule has 7 heteroatoms. The maximum atomic E-state index is 13.1. The summed E-state index contributed by atoms with van der Waals surface area (Å²) in [4.78, 5) is 27.5. The number of pyridine rings is 1. The van der Waals surface area contributed by atoms with Crippen molar-refractivity contribution in [1.29, 1.82) is 0 Å². The molecular weight excluding hydrogens is 354 g/mol. The zero-order chi connectivity index (χ0) is 19.8. The van der Waals surface area contributed by atoms with E-state index >= 15 is 0 Å². The lowest BCUT2D eigenvalue weighted by Gasteiger charge is -2.32. The maximum Gasteiger partial charge on any atom is 0.263 e. The highest BCUT2D eigenvalue weighted by molar-refractivity contribution is 5.95. The van der Waals surface area contributed by atoms with Gasteiger partial charge < -0.3 is 14.0 Å². The minimum Gasteiger partial charge on any atom is -0.338 e. The van der Waals surface area contributed by atoms with E-state index in [0.717, 1.165) is 48.7 Å². The lowest BCUT2D eigenvalue weighted by molar-refractivity contribution is 0.0707. The van der Waals surface area contributed by atoms with Crippen LogP contribution in [0.4, 0.5) is 0 Å². The molecule has 1 fully saturated rings. The van der Waals surface area contributed by atoms with Gasteiger partial charge >= 0.3 is 0 Å². The SMILES string of the molecule is Cc1cc(C)n(C)c(=O)c1C(=O)N1CCC(c2nnc3n2CCCCC3)CC1. The first-order valence-electron chi connectivity index (χ1n) is 10.4. The highest BCUT2D eigenvalue weighted by Gasteiger charge is 2.30. The Balaban J connectivity index is 1.50. The zero-order valence-corrected chi connectivity index (χ0v) is 17.1. The first-order valence-corrected chi connectivity index (χ1v) is 10.4. The summed E-state index contributed by atoms with van der Waals surface area (Å²) in [6.45, 7) is 6.05. The molecule has 2 aromatic heterocycles. The molecule has 1 amide bonds. The van der Waals surface area contributed by atoms with E-state index in [0.29, 0.717) is 24.6 Å². The van der Waals surface area contributed by atoms with Crippen molar-refractivity contribution in [1.82, 2.24) is 24.2 Å². The van der Waals surface area contributed by atoms with Crippen molar-refractivity contribution >= 4 is 5.91 Å². The van der Waals surface area contributed by atoms with Gasteiger partial charge in [-0.25, -0.2) is 0 Å². The van der Waals surface area contributed by atoms with Crippen LogP contribution in [0.15, 0.2) is 10.9 Å². The second-order valence-electron chi connectivity index (χ2n) is 8.21. The van der Waals surface area contributed by atoms with Gasteiger partial charge in [0.25, 0.3) is 11.5 Å². The number of piperidine rings is 1. The Morgan fingerprint density at radius 1 is 1.07 bits per heavy atom. The average molecular weight is 383 g/mol. The average Bonchev–Trinajstić information content (AvgIpc) is 2.94. The van der Waals surface area contributed by atoms with Crippen molar-refractivity contribution in [2.75, 3.05) is 13.1 Å². The third-order valence-corrected chi connectivity index (χ3v) is 6.37. The van der Waals surface area contributed by atoms with Gasteiger partial charge in [-0.15, -0.1) is 10.2 Å². The second-order valence-corrected chi connectivity index (χ2v) is 8.21. The quantitative estimate of drug-likeness (QED) is 0.798. The van der Waals surface area contributed by atoms with Gasteiger partial charge in [-0.1, -0.05) is 6.42 Å². The van der Waals surface area contributed by atoms with Crippen LogP contribution in [0.5, 0.6) is 0 Å². The van der Waals surface area contributed by atoms with E-state index < -0.39 is 0 Å². The lowest BCUT2D eigenvalue weighted by atomic mass is 9.95. The third-order valence-electron chi connectivity index (χ3n) is 6.37. The first kappa shape index (κ1) is 18.9. The number of rotatable bonds is 2. The molecule has 0 atom stereocenters. The van der Waals surface area contributed by atoms with Crippen LogP contribution in [0.1, 0.15) is 71.3 Å². The Bertz CT molecular complexity index is 950. The molecule has 0 aliphatic carbocycles. The van der Waals surface area contributed by atoms with E-state index in [4.69, 9.17) is 0 Å². The van der Waals surface area contributed by atoms with Gasteiger partial charge in [0.05, 0.1) is 0 Å². The Kier molecular flexibility index (Phi) is 5.08. The normalized spacial score (nSPS) is 18.0. The van der Waals surface area contributed by atoms with Crippen LogP contribution in [-0.4, -0.2) is 43.2 Å². The van der Waals surface area contributed by atoms with Crippen LogP contribution in [0.2, 0.25) is 0 Å². The van der Waals surface area contributed by atoms with Crippen molar-refractivity contribution in [3.05, 3.63) is 44.9 Å². The van der Waals surface area contributed by atoms with Gasteiger partial charge in [-0.3, -0.25) is 9.59 Å². The number of hydrogen-bond donors (Lipinski definition) is 0. The molecule has 4 heterocycles. The maximum absolute atomic E-state index is 13.1. The number of carbonyl (C=O) groups excluding carboxylic acids is 1. The summed E-state index contributed by atoms with van der Waals surface area (Å²) in [5.74, 6) is 2.40. The molecule has 2 aromatic rings. The standard InChI is InChI=1S/C21H29N5O2/c1-14-13-15(2)24(3)20(27)18(14)21(28)25-11-8-16(9-12-25)19-23-22-17-7-5-4-6-10-26(17)19/h13,16H,4-12H2,1-3H3. The molecule has 4 rings (SSSR count). The van der Waals surface area contributed by atoms with Gasteiger partial charge in [0.1, 0.15) is 17.2 Å². The molecule has 7 nitrogen and oxygen atoms in total. The minimum absolute atomic E-state index is 0.142. The van der Waals surface area contributed by atoms with Crippen LogP contribution in [0.3, 0.4) is 0 Å². The molecule has 0 N–H and O–H groups in total. The smallest absolute Gasteiger partial charge is 0.263 e. The van der Waals surface area contributed by atoms with E-state index in [1.807, 2.05) is 24.8 Å². The molecule has 0 unspecified atom stereocenters. The fraction of sp³-hybridized carbons (Fsp3) is 0.619. The van der Waals surface area contributed by atoms with E-state index in [1.54, 1.807) is 11.6 Å². The minimum atomic E-state index is -0.201. The molecule has 0 spiro atoms. The number of carbonyl (C=O) groups is 1. The largest absolute Gasteiger partial charge is 0.338 e. The van der Waals surface area contributed by atoms with Crippen molar-refractivity contribution in [2.24, 2.45) is 7.05 Å². The number of hydrogen-bond acceptors (Lipinski definition) is 4. The summed E-state index contributed by atoms with van der Waals surface area (Å²) in [6, 6.07) is 1.91. The van der Waals surface area contributed by atoms with Crippen molar-refractivity contribution in [2.45, 2.75) is 64.8 Å². The summed E-state index contributed by atoms with van der Waals surface area (Å²) in [7, 11) is 1.72. The summed E-state index contributed by atoms with van der Waals surface area (Å²) in [5.41, 5.74) is 1.73. The first-order chi connectivity index (χ1) is 13.5. The fourth-order valence-corrected chi connectivity index (χ4v) is 4.55. The number of amides is 1. The summed E-state index contributed by atoms with van der Waals surface area (Å²) in [6.07, 6.45) is 6.38. The van der Waals surface area contributed by atoms with Gasteiger partial charge in [0.2, 0.25) is 0 Å². The molecule has 2 aliphatic rings. The van der Waals surface area contributed by atoms with E-state index in [9.17, 15) is 9.59 Å². The Morgan fingerprint density at radius 3 is 2.57 bits per heavy atom. The van der Waals surface area contributed by atoms with Crippen LogP contribution in [-0.2, 0) is 20.0 Å². The third kappa shape index (κ3) is 3.27. The molecule has 0 saturated carbocycles. The Labute approximate surface area is 165 Å². The summed E-state index contributed by atoms with van der Waals surface area (Å²) < 4.78 is 3.87. The van der Waals surface area contributed by atoms with Gasteiger partial charge in [0, 0.05) is 44.7 Å². The van der Waals surface area contributed by atoms with Crippen LogP contribution in [0, 0.1) is 13.8 Å². The van der Waals surface area contributed by atoms with Crippen molar-refractivity contribution in [3.8, 4) is 0 Å². The van der Waals surface area contributed by atoms with E-state index in [1.165, 1.54) is 19.3 Å². The van der Waals surface area contributed by atoms with Gasteiger partial charge in [-0.05, 0) is 51.2 Å². The van der Waals surface area contributed by atoms with Crippen molar-refractivity contribution in [3.63, 3.8) is 0 Å². The van der Waals surface area contributed by atoms with Crippen LogP contribution in [0.25, 0.3) is 0 Å². The fourth-order valence-electron chi connectivity index (χ4n) is 4.55. The monoisotopic (exact) mass is 383 g/mol. The zero-order valence-electron chi connectivity index (χ0n) is 17.1. The summed E-state index contributed by atoms with van der Waals surface area (Å²) in [5, 5.41) is 8.92. The predicted octanol–water partition coefficient (Wildman–Crippen LogP) is 2.34. The van der Waals surface area contributed by atoms with Crippen molar-refractivity contribution < 1.29 is 4.79 Å². The molecule has 150 valence electrons. The van der Waals surface area contributed by atoms with Gasteiger partial charge in [-0.2, -0.15) is 0 Å². The topological polar surface area (TPSA) is 73.0 Å². The summed E-state index contributed by atoms with van der Waals surface area (Å²) >= 11 is 0. The van der Waals surface area contributed by atoms with Gasteiger partial charge in [0.15, 0.2) is 0 Å². The molecule has 0 radical (unpaired) electrons. The molecular formula is C21H29N5O2. The Hall–Kier alpha value is -2.44. The number of likely N-dealkylation sites (tertiary alicyclic amines) is 1. The molecule has 1 saturated heterocycles. The molecule has 28 heavy (non-hydrogen) atoms. The number of aryl methyl sites for hydroxylation is 3. The predicted molar refractivity (Wildman–Crippen MR) is 107 cm³/mol. The second kappa shape index (κ2) is 7.53. The molecule has 0 bridgehead atoms. The molecule has 0 aromatic carbocycles. The Morgan fingerprint density at radius 2 is 1.82 bits per heavy atom. The number of aromatic nitrogens is 4. The van der Waals surface area contributed by atoms with Crippen LogP contribution < -0.4 is 5.56 Å². The van der Waals surface area contributed by atoms with E-state index in [-0.39, 0.29) is 11.5 Å². The van der Waals surface area contributed by atoms with Crippen LogP contribution >= 0.6 is 0 Å².